The van der Waals surface area contributed by atoms with Crippen LogP contribution < -0.4 is 0 Å². The van der Waals surface area contributed by atoms with E-state index in [9.17, 15) is 14.4 Å². The van der Waals surface area contributed by atoms with Crippen LogP contribution in [0.2, 0.25) is 0 Å². The molecule has 366 valence electrons. The zero-order valence-electron chi connectivity index (χ0n) is 41.9. The van der Waals surface area contributed by atoms with Crippen LogP contribution in [-0.4, -0.2) is 37.2 Å². The molecule has 0 N–H and O–H groups in total. The van der Waals surface area contributed by atoms with Crippen LogP contribution >= 0.6 is 0 Å². The van der Waals surface area contributed by atoms with Gasteiger partial charge in [-0.05, 0) is 44.9 Å². The van der Waals surface area contributed by atoms with Gasteiger partial charge in [0.15, 0.2) is 6.10 Å². The highest BCUT2D eigenvalue weighted by atomic mass is 16.6. The third-order valence-corrected chi connectivity index (χ3v) is 12.5. The number of unbranched alkanes of at least 4 members (excludes halogenated alkanes) is 38. The van der Waals surface area contributed by atoms with E-state index in [4.69, 9.17) is 14.2 Å². The first-order chi connectivity index (χ1) is 30.5. The highest BCUT2D eigenvalue weighted by Gasteiger charge is 2.19. The minimum absolute atomic E-state index is 0.0677. The number of carbonyl (C=O) groups excluding carboxylic acids is 3. The van der Waals surface area contributed by atoms with Crippen LogP contribution in [0, 0.1) is 0 Å². The van der Waals surface area contributed by atoms with Crippen molar-refractivity contribution in [3.8, 4) is 0 Å². The van der Waals surface area contributed by atoms with E-state index in [-0.39, 0.29) is 31.1 Å². The van der Waals surface area contributed by atoms with Crippen LogP contribution in [0.4, 0.5) is 0 Å². The van der Waals surface area contributed by atoms with E-state index in [1.165, 1.54) is 205 Å². The van der Waals surface area contributed by atoms with Crippen molar-refractivity contribution in [3.05, 3.63) is 12.2 Å². The summed E-state index contributed by atoms with van der Waals surface area (Å²) in [7, 11) is 0. The SMILES string of the molecule is CCCCCCC/C=C\CCCCCCCC(=O)OC(COC(=O)CCCCCCCCCCCCCC)COC(=O)CCCCCCCCCCCCCCCCCCCC. The van der Waals surface area contributed by atoms with Gasteiger partial charge in [-0.25, -0.2) is 0 Å². The van der Waals surface area contributed by atoms with E-state index in [0.29, 0.717) is 19.3 Å². The standard InChI is InChI=1S/C56H106O6/c1-4-7-10-13-16-19-22-25-27-28-29-30-32-34-37-40-43-46-49-55(58)61-52-53(51-60-54(57)48-45-42-39-36-33-24-21-18-15-12-9-6-3)62-56(59)50-47-44-41-38-35-31-26-23-20-17-14-11-8-5-2/h23,26,53H,4-22,24-25,27-52H2,1-3H3/b26-23-. The molecule has 0 heterocycles. The molecule has 0 rings (SSSR count). The van der Waals surface area contributed by atoms with E-state index in [1.54, 1.807) is 0 Å². The summed E-state index contributed by atoms with van der Waals surface area (Å²) >= 11 is 0. The van der Waals surface area contributed by atoms with Gasteiger partial charge in [-0.15, -0.1) is 0 Å². The topological polar surface area (TPSA) is 78.9 Å². The number of hydrogen-bond donors (Lipinski definition) is 0. The molecule has 1 atom stereocenters. The fourth-order valence-electron chi connectivity index (χ4n) is 8.32. The second-order valence-corrected chi connectivity index (χ2v) is 18.9. The van der Waals surface area contributed by atoms with Gasteiger partial charge in [-0.3, -0.25) is 14.4 Å². The van der Waals surface area contributed by atoms with Crippen LogP contribution in [0.15, 0.2) is 12.2 Å². The molecule has 0 aromatic carbocycles. The Labute approximate surface area is 386 Å². The molecule has 0 spiro atoms. The second kappa shape index (κ2) is 51.8. The van der Waals surface area contributed by atoms with Crippen molar-refractivity contribution in [2.45, 2.75) is 316 Å². The largest absolute Gasteiger partial charge is 0.462 e. The predicted octanol–water partition coefficient (Wildman–Crippen LogP) is 18.2. The zero-order valence-corrected chi connectivity index (χ0v) is 41.9. The van der Waals surface area contributed by atoms with Gasteiger partial charge in [0.25, 0.3) is 0 Å². The number of carbonyl (C=O) groups is 3. The van der Waals surface area contributed by atoms with Gasteiger partial charge in [-0.2, -0.15) is 0 Å². The van der Waals surface area contributed by atoms with E-state index in [0.717, 1.165) is 64.2 Å². The monoisotopic (exact) mass is 875 g/mol. The molecule has 0 saturated heterocycles. The van der Waals surface area contributed by atoms with E-state index in [1.807, 2.05) is 0 Å². The quantitative estimate of drug-likeness (QED) is 0.0262. The highest BCUT2D eigenvalue weighted by molar-refractivity contribution is 5.71. The van der Waals surface area contributed by atoms with Crippen LogP contribution in [0.5, 0.6) is 0 Å². The summed E-state index contributed by atoms with van der Waals surface area (Å²) in [6.07, 6.45) is 57.7. The lowest BCUT2D eigenvalue weighted by Crippen LogP contribution is -2.30. The van der Waals surface area contributed by atoms with Crippen LogP contribution in [0.1, 0.15) is 310 Å². The predicted molar refractivity (Wildman–Crippen MR) is 266 cm³/mol. The Bertz CT molecular complexity index is 962. The first-order valence-electron chi connectivity index (χ1n) is 27.7. The maximum Gasteiger partial charge on any atom is 0.306 e. The lowest BCUT2D eigenvalue weighted by Gasteiger charge is -2.18. The molecule has 0 aromatic rings. The Balaban J connectivity index is 4.29. The van der Waals surface area contributed by atoms with Crippen molar-refractivity contribution in [1.29, 1.82) is 0 Å². The van der Waals surface area contributed by atoms with E-state index in [2.05, 4.69) is 32.9 Å². The first-order valence-corrected chi connectivity index (χ1v) is 27.7. The molecule has 0 bridgehead atoms. The van der Waals surface area contributed by atoms with Crippen molar-refractivity contribution in [1.82, 2.24) is 0 Å². The smallest absolute Gasteiger partial charge is 0.306 e. The Hall–Kier alpha value is -1.85. The maximum atomic E-state index is 12.8. The van der Waals surface area contributed by atoms with Crippen LogP contribution in [0.3, 0.4) is 0 Å². The molecule has 62 heavy (non-hydrogen) atoms. The van der Waals surface area contributed by atoms with Crippen LogP contribution in [0.25, 0.3) is 0 Å². The number of esters is 3. The molecule has 0 aliphatic heterocycles. The summed E-state index contributed by atoms with van der Waals surface area (Å²) in [4.78, 5) is 38.0. The van der Waals surface area contributed by atoms with Gasteiger partial charge in [0.2, 0.25) is 0 Å². The zero-order chi connectivity index (χ0) is 45.1. The molecule has 6 heteroatoms. The summed E-state index contributed by atoms with van der Waals surface area (Å²) in [5.41, 5.74) is 0. The molecule has 0 saturated carbocycles. The molecule has 0 aromatic heterocycles. The normalized spacial score (nSPS) is 12.0. The minimum atomic E-state index is -0.767. The number of ether oxygens (including phenoxy) is 3. The second-order valence-electron chi connectivity index (χ2n) is 18.9. The highest BCUT2D eigenvalue weighted by Crippen LogP contribution is 2.17. The van der Waals surface area contributed by atoms with Gasteiger partial charge >= 0.3 is 17.9 Å². The Morgan fingerprint density at radius 3 is 0.806 bits per heavy atom. The molecular weight excluding hydrogens is 769 g/mol. The molecule has 0 aliphatic carbocycles. The Morgan fingerprint density at radius 2 is 0.532 bits per heavy atom. The molecule has 0 fully saturated rings. The molecule has 0 aliphatic rings. The molecule has 1 unspecified atom stereocenters. The first kappa shape index (κ1) is 60.2. The lowest BCUT2D eigenvalue weighted by atomic mass is 10.0. The lowest BCUT2D eigenvalue weighted by molar-refractivity contribution is -0.167. The fourth-order valence-corrected chi connectivity index (χ4v) is 8.32. The summed E-state index contributed by atoms with van der Waals surface area (Å²) < 4.78 is 16.8. The Kier molecular flexibility index (Phi) is 50.2. The summed E-state index contributed by atoms with van der Waals surface area (Å²) in [5.74, 6) is -0.856. The molecular formula is C56H106O6. The van der Waals surface area contributed by atoms with E-state index < -0.39 is 6.10 Å². The van der Waals surface area contributed by atoms with Crippen molar-refractivity contribution >= 4 is 17.9 Å². The third-order valence-electron chi connectivity index (χ3n) is 12.5. The average molecular weight is 875 g/mol. The molecule has 0 radical (unpaired) electrons. The summed E-state index contributed by atoms with van der Waals surface area (Å²) in [6.45, 7) is 6.67. The number of allylic oxidation sites excluding steroid dienone is 2. The molecule has 6 nitrogen and oxygen atoms in total. The van der Waals surface area contributed by atoms with Crippen molar-refractivity contribution in [2.24, 2.45) is 0 Å². The van der Waals surface area contributed by atoms with Gasteiger partial charge in [0, 0.05) is 19.3 Å². The van der Waals surface area contributed by atoms with Gasteiger partial charge in [-0.1, -0.05) is 258 Å². The van der Waals surface area contributed by atoms with Crippen LogP contribution in [-0.2, 0) is 28.6 Å². The number of hydrogen-bond acceptors (Lipinski definition) is 6. The van der Waals surface area contributed by atoms with Crippen molar-refractivity contribution in [3.63, 3.8) is 0 Å². The van der Waals surface area contributed by atoms with Gasteiger partial charge < -0.3 is 14.2 Å². The van der Waals surface area contributed by atoms with Crippen molar-refractivity contribution in [2.75, 3.05) is 13.2 Å². The average Bonchev–Trinajstić information content (AvgIpc) is 3.27. The maximum absolute atomic E-state index is 12.8. The molecule has 0 amide bonds. The Morgan fingerprint density at radius 1 is 0.306 bits per heavy atom. The summed E-state index contributed by atoms with van der Waals surface area (Å²) in [6, 6.07) is 0. The van der Waals surface area contributed by atoms with Gasteiger partial charge in [0.05, 0.1) is 0 Å². The fraction of sp³-hybridized carbons (Fsp3) is 0.911. The summed E-state index contributed by atoms with van der Waals surface area (Å²) in [5, 5.41) is 0. The number of rotatable bonds is 51. The van der Waals surface area contributed by atoms with Crippen molar-refractivity contribution < 1.29 is 28.6 Å². The third kappa shape index (κ3) is 49.2. The van der Waals surface area contributed by atoms with Gasteiger partial charge in [0.1, 0.15) is 13.2 Å². The van der Waals surface area contributed by atoms with E-state index >= 15 is 0 Å². The minimum Gasteiger partial charge on any atom is -0.462 e.